The zero-order valence-electron chi connectivity index (χ0n) is 17.2. The molecular weight excluding hydrogens is 342 g/mol. The molecule has 1 aromatic rings. The van der Waals surface area contributed by atoms with E-state index in [2.05, 4.69) is 46.8 Å². The smallest absolute Gasteiger partial charge is 0.222 e. The lowest BCUT2D eigenvalue weighted by molar-refractivity contribution is -0.129. The lowest BCUT2D eigenvalue weighted by Gasteiger charge is -2.27. The molecule has 0 aromatic heterocycles. The van der Waals surface area contributed by atoms with Gasteiger partial charge in [0.1, 0.15) is 5.75 Å². The number of rotatable bonds is 7. The Morgan fingerprint density at radius 2 is 2.22 bits per heavy atom. The van der Waals surface area contributed by atoms with E-state index in [1.807, 2.05) is 24.0 Å². The number of methoxy groups -OCH3 is 1. The first-order chi connectivity index (χ1) is 13.0. The molecule has 27 heavy (non-hydrogen) atoms. The highest BCUT2D eigenvalue weighted by atomic mass is 16.5. The highest BCUT2D eigenvalue weighted by Gasteiger charge is 2.26. The van der Waals surface area contributed by atoms with Crippen molar-refractivity contribution in [3.05, 3.63) is 29.8 Å². The van der Waals surface area contributed by atoms with E-state index in [-0.39, 0.29) is 18.0 Å². The summed E-state index contributed by atoms with van der Waals surface area (Å²) < 4.78 is 5.35. The van der Waals surface area contributed by atoms with E-state index in [9.17, 15) is 4.79 Å². The molecule has 1 heterocycles. The van der Waals surface area contributed by atoms with Gasteiger partial charge in [0.05, 0.1) is 13.2 Å². The van der Waals surface area contributed by atoms with Gasteiger partial charge in [-0.1, -0.05) is 19.1 Å². The number of nitrogens with one attached hydrogen (secondary N) is 2. The van der Waals surface area contributed by atoms with Crippen molar-refractivity contribution in [1.82, 2.24) is 20.4 Å². The minimum Gasteiger partial charge on any atom is -0.497 e. The predicted molar refractivity (Wildman–Crippen MR) is 109 cm³/mol. The molecule has 0 saturated carbocycles. The van der Waals surface area contributed by atoms with Crippen molar-refractivity contribution in [2.75, 3.05) is 47.9 Å². The van der Waals surface area contributed by atoms with Crippen molar-refractivity contribution in [3.63, 3.8) is 0 Å². The van der Waals surface area contributed by atoms with E-state index >= 15 is 0 Å². The largest absolute Gasteiger partial charge is 0.497 e. The van der Waals surface area contributed by atoms with Gasteiger partial charge >= 0.3 is 0 Å². The van der Waals surface area contributed by atoms with Crippen molar-refractivity contribution in [3.8, 4) is 5.75 Å². The van der Waals surface area contributed by atoms with Crippen LogP contribution in [0.2, 0.25) is 0 Å². The molecule has 1 amide bonds. The predicted octanol–water partition coefficient (Wildman–Crippen LogP) is 1.47. The van der Waals surface area contributed by atoms with Crippen molar-refractivity contribution >= 4 is 11.9 Å². The molecule has 1 saturated heterocycles. The van der Waals surface area contributed by atoms with Crippen molar-refractivity contribution in [1.29, 1.82) is 0 Å². The van der Waals surface area contributed by atoms with Gasteiger partial charge in [-0.2, -0.15) is 0 Å². The van der Waals surface area contributed by atoms with E-state index in [1.54, 1.807) is 14.2 Å². The van der Waals surface area contributed by atoms with Crippen molar-refractivity contribution in [2.45, 2.75) is 31.8 Å². The van der Waals surface area contributed by atoms with Gasteiger partial charge < -0.3 is 25.2 Å². The Morgan fingerprint density at radius 3 is 2.85 bits per heavy atom. The number of nitrogens with zero attached hydrogens (tertiary/aromatic N) is 3. The first kappa shape index (κ1) is 21.0. The number of hydrogen-bond donors (Lipinski definition) is 2. The second-order valence-corrected chi connectivity index (χ2v) is 7.03. The van der Waals surface area contributed by atoms with Crippen LogP contribution in [0.3, 0.4) is 0 Å². The summed E-state index contributed by atoms with van der Waals surface area (Å²) in [6, 6.07) is 8.55. The standard InChI is InChI=1S/C20H33N5O2/c1-6-19(26)25-11-10-16(14-25)23-20(21-2)22-13-18(24(3)4)15-8-7-9-17(12-15)27-5/h7-9,12,16,18H,6,10-11,13-14H2,1-5H3,(H2,21,22,23). The maximum Gasteiger partial charge on any atom is 0.222 e. The average Bonchev–Trinajstić information content (AvgIpc) is 3.15. The van der Waals surface area contributed by atoms with Gasteiger partial charge in [0.15, 0.2) is 5.96 Å². The topological polar surface area (TPSA) is 69.2 Å². The van der Waals surface area contributed by atoms with Crippen molar-refractivity contribution in [2.24, 2.45) is 4.99 Å². The Bertz CT molecular complexity index is 647. The molecule has 7 heteroatoms. The quantitative estimate of drug-likeness (QED) is 0.558. The van der Waals surface area contributed by atoms with Gasteiger partial charge in [-0.15, -0.1) is 0 Å². The van der Waals surface area contributed by atoms with Gasteiger partial charge in [0.2, 0.25) is 5.91 Å². The number of carbonyl (C=O) groups is 1. The third-order valence-corrected chi connectivity index (χ3v) is 4.97. The number of guanidine groups is 1. The zero-order valence-corrected chi connectivity index (χ0v) is 17.2. The normalized spacial score (nSPS) is 18.5. The van der Waals surface area contributed by atoms with E-state index < -0.39 is 0 Å². The number of amides is 1. The van der Waals surface area contributed by atoms with Crippen molar-refractivity contribution < 1.29 is 9.53 Å². The molecule has 150 valence electrons. The van der Waals surface area contributed by atoms with E-state index in [0.717, 1.165) is 31.2 Å². The minimum atomic E-state index is 0.181. The summed E-state index contributed by atoms with van der Waals surface area (Å²) in [4.78, 5) is 20.3. The molecule has 2 atom stereocenters. The van der Waals surface area contributed by atoms with Crippen LogP contribution in [-0.2, 0) is 4.79 Å². The maximum absolute atomic E-state index is 11.9. The number of carbonyl (C=O) groups excluding carboxylic acids is 1. The molecular formula is C20H33N5O2. The lowest BCUT2D eigenvalue weighted by atomic mass is 10.1. The maximum atomic E-state index is 11.9. The van der Waals surface area contributed by atoms with Crippen LogP contribution in [0.4, 0.5) is 0 Å². The summed E-state index contributed by atoms with van der Waals surface area (Å²) in [6.07, 6.45) is 1.50. The summed E-state index contributed by atoms with van der Waals surface area (Å²) in [5.74, 6) is 1.84. The summed E-state index contributed by atoms with van der Waals surface area (Å²) in [5.41, 5.74) is 1.18. The summed E-state index contributed by atoms with van der Waals surface area (Å²) >= 11 is 0. The summed E-state index contributed by atoms with van der Waals surface area (Å²) in [7, 11) is 7.58. The Morgan fingerprint density at radius 1 is 1.44 bits per heavy atom. The van der Waals surface area contributed by atoms with E-state index in [0.29, 0.717) is 13.0 Å². The van der Waals surface area contributed by atoms with Gasteiger partial charge in [-0.3, -0.25) is 9.79 Å². The number of aliphatic imine (C=N–C) groups is 1. The number of likely N-dealkylation sites (N-methyl/N-ethyl adjacent to an activating group) is 1. The Hall–Kier alpha value is -2.28. The molecule has 2 unspecified atom stereocenters. The van der Waals surface area contributed by atoms with Crippen LogP contribution >= 0.6 is 0 Å². The third-order valence-electron chi connectivity index (χ3n) is 4.97. The fourth-order valence-electron chi connectivity index (χ4n) is 3.36. The fraction of sp³-hybridized carbons (Fsp3) is 0.600. The summed E-state index contributed by atoms with van der Waals surface area (Å²) in [6.45, 7) is 4.17. The molecule has 1 aromatic carbocycles. The Kier molecular flexibility index (Phi) is 7.91. The van der Waals surface area contributed by atoms with Gasteiger partial charge in [-0.05, 0) is 38.2 Å². The average molecular weight is 376 g/mol. The first-order valence-electron chi connectivity index (χ1n) is 9.53. The molecule has 0 bridgehead atoms. The minimum absolute atomic E-state index is 0.181. The van der Waals surface area contributed by atoms with E-state index in [4.69, 9.17) is 4.74 Å². The monoisotopic (exact) mass is 375 g/mol. The van der Waals surface area contributed by atoms with Crippen LogP contribution in [0.25, 0.3) is 0 Å². The van der Waals surface area contributed by atoms with Gasteiger partial charge in [-0.25, -0.2) is 0 Å². The molecule has 0 spiro atoms. The molecule has 1 aliphatic rings. The molecule has 2 N–H and O–H groups in total. The highest BCUT2D eigenvalue weighted by molar-refractivity contribution is 5.80. The summed E-state index contributed by atoms with van der Waals surface area (Å²) in [5, 5.41) is 6.87. The third kappa shape index (κ3) is 5.85. The van der Waals surface area contributed by atoms with Crippen LogP contribution in [0.15, 0.2) is 29.3 Å². The molecule has 0 aliphatic carbocycles. The van der Waals surface area contributed by atoms with Gasteiger partial charge in [0, 0.05) is 39.1 Å². The molecule has 2 rings (SSSR count). The Labute approximate surface area is 162 Å². The lowest BCUT2D eigenvalue weighted by Crippen LogP contribution is -2.47. The second-order valence-electron chi connectivity index (χ2n) is 7.03. The zero-order chi connectivity index (χ0) is 19.8. The van der Waals surface area contributed by atoms with Crippen LogP contribution in [-0.4, -0.2) is 75.6 Å². The van der Waals surface area contributed by atoms with Crippen LogP contribution in [0, 0.1) is 0 Å². The number of ether oxygens (including phenoxy) is 1. The highest BCUT2D eigenvalue weighted by Crippen LogP contribution is 2.22. The molecule has 1 fully saturated rings. The Balaban J connectivity index is 1.94. The van der Waals surface area contributed by atoms with Crippen LogP contribution in [0.1, 0.15) is 31.4 Å². The molecule has 7 nitrogen and oxygen atoms in total. The van der Waals surface area contributed by atoms with Gasteiger partial charge in [0.25, 0.3) is 0 Å². The molecule has 0 radical (unpaired) electrons. The molecule has 1 aliphatic heterocycles. The number of likely N-dealkylation sites (tertiary alicyclic amines) is 1. The van der Waals surface area contributed by atoms with E-state index in [1.165, 1.54) is 5.56 Å². The first-order valence-corrected chi connectivity index (χ1v) is 9.53. The SMILES string of the molecule is CCC(=O)N1CCC(NC(=NC)NCC(c2cccc(OC)c2)N(C)C)C1. The second kappa shape index (κ2) is 10.2. The number of benzene rings is 1. The fourth-order valence-corrected chi connectivity index (χ4v) is 3.36. The number of hydrogen-bond acceptors (Lipinski definition) is 4. The van der Waals surface area contributed by atoms with Crippen LogP contribution < -0.4 is 15.4 Å². The van der Waals surface area contributed by atoms with Crippen LogP contribution in [0.5, 0.6) is 5.75 Å².